The van der Waals surface area contributed by atoms with Crippen LogP contribution in [0.2, 0.25) is 0 Å². The summed E-state index contributed by atoms with van der Waals surface area (Å²) in [6, 6.07) is 17.9. The van der Waals surface area contributed by atoms with E-state index in [1.165, 1.54) is 0 Å². The largest absolute Gasteiger partial charge is 0.356 e. The Morgan fingerprint density at radius 1 is 1.00 bits per heavy atom. The molecule has 0 bridgehead atoms. The highest BCUT2D eigenvalue weighted by Gasteiger charge is 2.28. The second-order valence-corrected chi connectivity index (χ2v) is 7.19. The highest BCUT2D eigenvalue weighted by molar-refractivity contribution is 5.95. The molecule has 2 aromatic rings. The molecule has 2 amide bonds. The van der Waals surface area contributed by atoms with Crippen LogP contribution in [0.4, 0.5) is 5.69 Å². The van der Waals surface area contributed by atoms with E-state index in [2.05, 4.69) is 5.32 Å². The molecule has 0 atom stereocenters. The number of amides is 2. The maximum absolute atomic E-state index is 13.2. The number of anilines is 1. The fraction of sp³-hybridized carbons (Fsp3) is 0.391. The summed E-state index contributed by atoms with van der Waals surface area (Å²) >= 11 is 0. The first-order valence-electron chi connectivity index (χ1n) is 9.88. The van der Waals surface area contributed by atoms with E-state index < -0.39 is 0 Å². The Labute approximate surface area is 161 Å². The molecule has 27 heavy (non-hydrogen) atoms. The van der Waals surface area contributed by atoms with Crippen molar-refractivity contribution in [3.05, 3.63) is 65.7 Å². The Balaban J connectivity index is 1.85. The first-order chi connectivity index (χ1) is 13.2. The summed E-state index contributed by atoms with van der Waals surface area (Å²) in [5.41, 5.74) is 2.91. The van der Waals surface area contributed by atoms with Crippen molar-refractivity contribution in [1.29, 1.82) is 0 Å². The third-order valence-electron chi connectivity index (χ3n) is 5.11. The highest BCUT2D eigenvalue weighted by atomic mass is 16.2. The van der Waals surface area contributed by atoms with E-state index in [1.807, 2.05) is 66.4 Å². The highest BCUT2D eigenvalue weighted by Crippen LogP contribution is 2.30. The van der Waals surface area contributed by atoms with E-state index in [0.29, 0.717) is 19.5 Å². The number of likely N-dealkylation sites (N-methyl/N-ethyl adjacent to an activating group) is 1. The lowest BCUT2D eigenvalue weighted by Crippen LogP contribution is -2.35. The van der Waals surface area contributed by atoms with Gasteiger partial charge in [0.15, 0.2) is 0 Å². The van der Waals surface area contributed by atoms with Crippen molar-refractivity contribution < 1.29 is 9.59 Å². The van der Waals surface area contributed by atoms with E-state index in [0.717, 1.165) is 42.5 Å². The zero-order chi connectivity index (χ0) is 19.1. The second-order valence-electron chi connectivity index (χ2n) is 7.19. The van der Waals surface area contributed by atoms with Crippen LogP contribution in [0.15, 0.2) is 54.6 Å². The third-order valence-corrected chi connectivity index (χ3v) is 5.11. The molecule has 2 aromatic carbocycles. The Morgan fingerprint density at radius 2 is 1.70 bits per heavy atom. The molecule has 0 radical (unpaired) electrons. The minimum atomic E-state index is 0.00591. The summed E-state index contributed by atoms with van der Waals surface area (Å²) < 4.78 is 0. The van der Waals surface area contributed by atoms with Gasteiger partial charge in [-0.1, -0.05) is 55.3 Å². The average molecular weight is 364 g/mol. The summed E-state index contributed by atoms with van der Waals surface area (Å²) in [4.78, 5) is 27.1. The van der Waals surface area contributed by atoms with Crippen molar-refractivity contribution in [2.45, 2.75) is 45.6 Å². The lowest BCUT2D eigenvalue weighted by Gasteiger charge is -2.26. The molecular weight excluding hydrogens is 336 g/mol. The quantitative estimate of drug-likeness (QED) is 0.804. The Hall–Kier alpha value is -2.62. The van der Waals surface area contributed by atoms with Crippen LogP contribution in [0, 0.1) is 5.92 Å². The van der Waals surface area contributed by atoms with Crippen LogP contribution in [0.1, 0.15) is 43.7 Å². The fourth-order valence-corrected chi connectivity index (χ4v) is 3.73. The van der Waals surface area contributed by atoms with Crippen LogP contribution in [-0.2, 0) is 22.6 Å². The number of carbonyl (C=O) groups excluding carboxylic acids is 2. The molecule has 1 saturated carbocycles. The lowest BCUT2D eigenvalue weighted by atomic mass is 10.0. The number of rotatable bonds is 7. The Bertz CT molecular complexity index is 767. The summed E-state index contributed by atoms with van der Waals surface area (Å²) in [7, 11) is 0. The van der Waals surface area contributed by atoms with Gasteiger partial charge < -0.3 is 10.2 Å². The van der Waals surface area contributed by atoms with Crippen molar-refractivity contribution in [2.24, 2.45) is 5.92 Å². The van der Waals surface area contributed by atoms with Crippen LogP contribution in [0.5, 0.6) is 0 Å². The van der Waals surface area contributed by atoms with Crippen molar-refractivity contribution in [3.63, 3.8) is 0 Å². The number of nitrogens with zero attached hydrogens (tertiary/aromatic N) is 1. The van der Waals surface area contributed by atoms with Crippen LogP contribution < -0.4 is 10.2 Å². The molecule has 0 spiro atoms. The molecule has 0 unspecified atom stereocenters. The molecular formula is C23H28N2O2. The summed E-state index contributed by atoms with van der Waals surface area (Å²) in [6.45, 7) is 3.09. The number of hydrogen-bond donors (Lipinski definition) is 1. The van der Waals surface area contributed by atoms with E-state index in [-0.39, 0.29) is 17.7 Å². The van der Waals surface area contributed by atoms with Gasteiger partial charge in [0.1, 0.15) is 0 Å². The molecule has 1 N–H and O–H groups in total. The van der Waals surface area contributed by atoms with Gasteiger partial charge in [-0.15, -0.1) is 0 Å². The fourth-order valence-electron chi connectivity index (χ4n) is 3.73. The SMILES string of the molecule is CCNC(=O)Cc1cccc(N(Cc2ccccc2)C(=O)C2CCCC2)c1. The predicted molar refractivity (Wildman–Crippen MR) is 108 cm³/mol. The van der Waals surface area contributed by atoms with Gasteiger partial charge in [-0.3, -0.25) is 9.59 Å². The third kappa shape index (κ3) is 5.19. The number of benzene rings is 2. The zero-order valence-corrected chi connectivity index (χ0v) is 16.0. The first-order valence-corrected chi connectivity index (χ1v) is 9.88. The minimum absolute atomic E-state index is 0.00591. The zero-order valence-electron chi connectivity index (χ0n) is 16.0. The molecule has 142 valence electrons. The number of carbonyl (C=O) groups is 2. The molecule has 1 aliphatic rings. The van der Waals surface area contributed by atoms with Gasteiger partial charge in [0.2, 0.25) is 11.8 Å². The van der Waals surface area contributed by atoms with Gasteiger partial charge in [0, 0.05) is 18.2 Å². The number of hydrogen-bond acceptors (Lipinski definition) is 2. The molecule has 0 saturated heterocycles. The lowest BCUT2D eigenvalue weighted by molar-refractivity contribution is -0.122. The Kier molecular flexibility index (Phi) is 6.64. The average Bonchev–Trinajstić information content (AvgIpc) is 3.21. The van der Waals surface area contributed by atoms with Crippen molar-refractivity contribution >= 4 is 17.5 Å². The molecule has 4 nitrogen and oxygen atoms in total. The maximum Gasteiger partial charge on any atom is 0.230 e. The standard InChI is InChI=1S/C23H28N2O2/c1-2-24-22(26)16-19-11-8-14-21(15-19)25(17-18-9-4-3-5-10-18)23(27)20-12-6-7-13-20/h3-5,8-11,14-15,20H,2,6-7,12-13,16-17H2,1H3,(H,24,26). The van der Waals surface area contributed by atoms with Crippen molar-refractivity contribution in [2.75, 3.05) is 11.4 Å². The smallest absolute Gasteiger partial charge is 0.230 e. The van der Waals surface area contributed by atoms with Gasteiger partial charge >= 0.3 is 0 Å². The topological polar surface area (TPSA) is 49.4 Å². The minimum Gasteiger partial charge on any atom is -0.356 e. The van der Waals surface area contributed by atoms with E-state index in [1.54, 1.807) is 0 Å². The van der Waals surface area contributed by atoms with E-state index in [4.69, 9.17) is 0 Å². The van der Waals surface area contributed by atoms with Gasteiger partial charge in [0.25, 0.3) is 0 Å². The summed E-state index contributed by atoms with van der Waals surface area (Å²) in [6.07, 6.45) is 4.55. The normalized spacial score (nSPS) is 14.1. The molecule has 1 aliphatic carbocycles. The summed E-state index contributed by atoms with van der Waals surface area (Å²) in [5.74, 6) is 0.318. The molecule has 0 aliphatic heterocycles. The Morgan fingerprint density at radius 3 is 2.41 bits per heavy atom. The van der Waals surface area contributed by atoms with E-state index in [9.17, 15) is 9.59 Å². The number of nitrogens with one attached hydrogen (secondary N) is 1. The maximum atomic E-state index is 13.2. The second kappa shape index (κ2) is 9.36. The molecule has 0 heterocycles. The van der Waals surface area contributed by atoms with Crippen LogP contribution >= 0.6 is 0 Å². The monoisotopic (exact) mass is 364 g/mol. The van der Waals surface area contributed by atoms with Gasteiger partial charge in [-0.2, -0.15) is 0 Å². The van der Waals surface area contributed by atoms with E-state index >= 15 is 0 Å². The van der Waals surface area contributed by atoms with Gasteiger partial charge in [-0.05, 0) is 43.0 Å². The molecule has 1 fully saturated rings. The first kappa shape index (κ1) is 19.2. The molecule has 3 rings (SSSR count). The van der Waals surface area contributed by atoms with Crippen LogP contribution in [0.25, 0.3) is 0 Å². The molecule has 4 heteroatoms. The van der Waals surface area contributed by atoms with Gasteiger partial charge in [-0.25, -0.2) is 0 Å². The molecule has 0 aromatic heterocycles. The predicted octanol–water partition coefficient (Wildman–Crippen LogP) is 4.09. The summed E-state index contributed by atoms with van der Waals surface area (Å²) in [5, 5.41) is 2.83. The van der Waals surface area contributed by atoms with Crippen LogP contribution in [-0.4, -0.2) is 18.4 Å². The van der Waals surface area contributed by atoms with Crippen LogP contribution in [0.3, 0.4) is 0 Å². The van der Waals surface area contributed by atoms with Crippen molar-refractivity contribution in [3.8, 4) is 0 Å². The van der Waals surface area contributed by atoms with Crippen molar-refractivity contribution in [1.82, 2.24) is 5.32 Å². The van der Waals surface area contributed by atoms with Gasteiger partial charge in [0.05, 0.1) is 13.0 Å².